The van der Waals surface area contributed by atoms with Gasteiger partial charge in [0.2, 0.25) is 0 Å². The van der Waals surface area contributed by atoms with E-state index in [4.69, 9.17) is 9.05 Å². The highest BCUT2D eigenvalue weighted by Crippen LogP contribution is 2.66. The predicted octanol–water partition coefficient (Wildman–Crippen LogP) is 14.2. The summed E-state index contributed by atoms with van der Waals surface area (Å²) in [4.78, 5) is 12.1. The summed E-state index contributed by atoms with van der Waals surface area (Å²) >= 11 is 0. The van der Waals surface area contributed by atoms with E-state index in [1.54, 1.807) is 0 Å². The van der Waals surface area contributed by atoms with Gasteiger partial charge in [0, 0.05) is 17.0 Å². The SMILES string of the molecule is CC12OP(=O)(O)Oc3c(-c4ccccc4-c4ccc5ccccc5c4)cc4c(c3C1=C1CCCCC1=CC2c1ccccc1-c1ccc2ccccc2c1)CCCC4. The van der Waals surface area contributed by atoms with E-state index in [0.717, 1.165) is 101 Å². The minimum Gasteiger partial charge on any atom is -0.403 e. The Kier molecular flexibility index (Phi) is 8.49. The van der Waals surface area contributed by atoms with Crippen molar-refractivity contribution in [3.8, 4) is 39.1 Å². The number of aryl methyl sites for hydroxylation is 1. The number of rotatable bonds is 4. The molecule has 0 aromatic heterocycles. The van der Waals surface area contributed by atoms with Crippen molar-refractivity contribution in [3.63, 3.8) is 0 Å². The zero-order chi connectivity index (χ0) is 39.0. The average molecular weight is 777 g/mol. The van der Waals surface area contributed by atoms with Crippen LogP contribution in [0, 0.1) is 0 Å². The van der Waals surface area contributed by atoms with Gasteiger partial charge in [0.15, 0.2) is 0 Å². The van der Waals surface area contributed by atoms with Crippen LogP contribution >= 0.6 is 7.82 Å². The lowest BCUT2D eigenvalue weighted by atomic mass is 9.64. The van der Waals surface area contributed by atoms with Crippen LogP contribution in [0.3, 0.4) is 0 Å². The van der Waals surface area contributed by atoms with E-state index in [1.807, 2.05) is 0 Å². The third-order valence-corrected chi connectivity index (χ3v) is 14.3. The van der Waals surface area contributed by atoms with Gasteiger partial charge in [0.05, 0.1) is 0 Å². The highest BCUT2D eigenvalue weighted by molar-refractivity contribution is 7.48. The van der Waals surface area contributed by atoms with Gasteiger partial charge in [-0.15, -0.1) is 0 Å². The number of phosphoric acid groups is 1. The van der Waals surface area contributed by atoms with Gasteiger partial charge >= 0.3 is 7.82 Å². The first-order valence-electron chi connectivity index (χ1n) is 20.9. The lowest BCUT2D eigenvalue weighted by Crippen LogP contribution is -2.39. The van der Waals surface area contributed by atoms with E-state index in [9.17, 15) is 9.46 Å². The van der Waals surface area contributed by atoms with Crippen molar-refractivity contribution in [2.24, 2.45) is 0 Å². The van der Waals surface area contributed by atoms with Gasteiger partial charge in [0.25, 0.3) is 0 Å². The second-order valence-electron chi connectivity index (χ2n) is 16.7. The quantitative estimate of drug-likeness (QED) is 0.181. The molecular weight excluding hydrogens is 732 g/mol. The van der Waals surface area contributed by atoms with Gasteiger partial charge < -0.3 is 4.52 Å². The summed E-state index contributed by atoms with van der Waals surface area (Å²) < 4.78 is 28.2. The molecule has 1 heterocycles. The van der Waals surface area contributed by atoms with Crippen molar-refractivity contribution in [1.82, 2.24) is 0 Å². The van der Waals surface area contributed by atoms with Crippen LogP contribution in [0.2, 0.25) is 0 Å². The zero-order valence-corrected chi connectivity index (χ0v) is 33.6. The lowest BCUT2D eigenvalue weighted by Gasteiger charge is -2.44. The number of allylic oxidation sites excluding steroid dienone is 2. The van der Waals surface area contributed by atoms with Crippen LogP contribution < -0.4 is 4.52 Å². The topological polar surface area (TPSA) is 55.8 Å². The highest BCUT2D eigenvalue weighted by atomic mass is 31.2. The average Bonchev–Trinajstić information content (AvgIpc) is 3.36. The van der Waals surface area contributed by atoms with Crippen LogP contribution in [0.25, 0.3) is 60.5 Å². The molecule has 3 atom stereocenters. The Labute approximate surface area is 340 Å². The van der Waals surface area contributed by atoms with E-state index in [0.29, 0.717) is 5.75 Å². The normalized spacial score (nSPS) is 22.6. The largest absolute Gasteiger partial charge is 0.528 e. The van der Waals surface area contributed by atoms with Crippen molar-refractivity contribution >= 4 is 34.9 Å². The highest BCUT2D eigenvalue weighted by Gasteiger charge is 2.54. The fourth-order valence-corrected chi connectivity index (χ4v) is 11.8. The molecule has 0 spiro atoms. The van der Waals surface area contributed by atoms with Crippen LogP contribution in [0.5, 0.6) is 5.75 Å². The molecule has 3 aliphatic carbocycles. The van der Waals surface area contributed by atoms with Crippen molar-refractivity contribution in [2.75, 3.05) is 0 Å². The minimum atomic E-state index is -4.71. The first kappa shape index (κ1) is 35.6. The van der Waals surface area contributed by atoms with Crippen molar-refractivity contribution in [3.05, 3.63) is 179 Å². The second-order valence-corrected chi connectivity index (χ2v) is 18.0. The molecule has 1 fully saturated rings. The fraction of sp³-hybridized carbons (Fsp3) is 0.208. The molecular formula is C53H45O4P. The Hall–Kier alpha value is -5.51. The molecule has 11 rings (SSSR count). The Morgan fingerprint density at radius 2 is 1.19 bits per heavy atom. The molecule has 0 bridgehead atoms. The van der Waals surface area contributed by atoms with Gasteiger partial charge in [-0.2, -0.15) is 0 Å². The third kappa shape index (κ3) is 5.84. The summed E-state index contributed by atoms with van der Waals surface area (Å²) in [7, 11) is -4.71. The fourth-order valence-electron chi connectivity index (χ4n) is 10.6. The van der Waals surface area contributed by atoms with Crippen LogP contribution in [0.4, 0.5) is 0 Å². The number of phosphoric ester groups is 1. The van der Waals surface area contributed by atoms with Crippen LogP contribution in [-0.4, -0.2) is 10.5 Å². The van der Waals surface area contributed by atoms with E-state index in [2.05, 4.69) is 153 Å². The van der Waals surface area contributed by atoms with Crippen molar-refractivity contribution in [2.45, 2.75) is 69.8 Å². The summed E-state index contributed by atoms with van der Waals surface area (Å²) in [6.07, 6.45) is 10.4. The van der Waals surface area contributed by atoms with E-state index in [1.165, 1.54) is 43.8 Å². The van der Waals surface area contributed by atoms with Crippen molar-refractivity contribution < 1.29 is 18.5 Å². The van der Waals surface area contributed by atoms with Gasteiger partial charge in [0.1, 0.15) is 11.4 Å². The Balaban J connectivity index is 1.17. The number of hydrogen-bond donors (Lipinski definition) is 1. The summed E-state index contributed by atoms with van der Waals surface area (Å²) in [6.45, 7) is 2.06. The van der Waals surface area contributed by atoms with Crippen LogP contribution in [0.15, 0.2) is 157 Å². The van der Waals surface area contributed by atoms with Gasteiger partial charge in [-0.05, 0) is 159 Å². The summed E-state index contributed by atoms with van der Waals surface area (Å²) in [6, 6.07) is 49.4. The maximum absolute atomic E-state index is 14.8. The molecule has 58 heavy (non-hydrogen) atoms. The van der Waals surface area contributed by atoms with Crippen molar-refractivity contribution in [1.29, 1.82) is 0 Å². The first-order chi connectivity index (χ1) is 28.3. The second kappa shape index (κ2) is 13.8. The molecule has 7 aromatic rings. The van der Waals surface area contributed by atoms with E-state index >= 15 is 0 Å². The molecule has 1 saturated carbocycles. The number of benzene rings is 7. The summed E-state index contributed by atoms with van der Waals surface area (Å²) in [5.41, 5.74) is 13.2. The third-order valence-electron chi connectivity index (χ3n) is 13.3. The maximum atomic E-state index is 14.8. The molecule has 5 heteroatoms. The molecule has 0 amide bonds. The molecule has 286 valence electrons. The zero-order valence-electron chi connectivity index (χ0n) is 32.7. The minimum absolute atomic E-state index is 0.357. The van der Waals surface area contributed by atoms with E-state index < -0.39 is 13.4 Å². The summed E-state index contributed by atoms with van der Waals surface area (Å²) in [5, 5.41) is 4.72. The maximum Gasteiger partial charge on any atom is 0.528 e. The van der Waals surface area contributed by atoms with Gasteiger partial charge in [-0.25, -0.2) is 4.57 Å². The molecule has 0 saturated heterocycles. The number of fused-ring (bicyclic) bond motifs is 8. The Morgan fingerprint density at radius 3 is 1.93 bits per heavy atom. The summed E-state index contributed by atoms with van der Waals surface area (Å²) in [5.74, 6) is 0.115. The monoisotopic (exact) mass is 776 g/mol. The van der Waals surface area contributed by atoms with Gasteiger partial charge in [-0.3, -0.25) is 9.42 Å². The number of hydrogen-bond acceptors (Lipinski definition) is 3. The molecule has 3 unspecified atom stereocenters. The van der Waals surface area contributed by atoms with Crippen LogP contribution in [-0.2, 0) is 21.9 Å². The molecule has 4 aliphatic rings. The molecule has 0 radical (unpaired) electrons. The Morgan fingerprint density at radius 1 is 0.603 bits per heavy atom. The van der Waals surface area contributed by atoms with Gasteiger partial charge in [-0.1, -0.05) is 127 Å². The lowest BCUT2D eigenvalue weighted by molar-refractivity contribution is 0.0911. The first-order valence-corrected chi connectivity index (χ1v) is 22.4. The molecule has 4 nitrogen and oxygen atoms in total. The predicted molar refractivity (Wildman–Crippen MR) is 237 cm³/mol. The molecule has 1 aliphatic heterocycles. The smallest absolute Gasteiger partial charge is 0.403 e. The van der Waals surface area contributed by atoms with E-state index in [-0.39, 0.29) is 5.92 Å². The molecule has 7 aromatic carbocycles. The standard InChI is InChI=1S/C53H45O4P/c1-53-49(47-25-13-11-21-43(47)41-29-27-35-15-3-5-17-37(35)31-41)33-39-19-7-9-23-45(39)51(53)50-44-22-8-6-18-38(44)32-48(52(50)56-58(54,55)57-53)46-24-12-10-20-42(46)40-28-26-34-14-2-4-16-36(34)30-40/h2-5,10-17,20-21,24-33,49H,6-9,18-19,22-23H2,1H3,(H,54,55). The Bertz CT molecular complexity index is 2940. The molecule has 1 N–H and O–H groups in total. The van der Waals surface area contributed by atoms with Crippen LogP contribution in [0.1, 0.15) is 73.6 Å².